The van der Waals surface area contributed by atoms with Crippen molar-refractivity contribution >= 4 is 11.0 Å². The zero-order chi connectivity index (χ0) is 9.26. The van der Waals surface area contributed by atoms with Gasteiger partial charge in [0.05, 0.1) is 12.0 Å². The molecule has 0 fully saturated rings. The Labute approximate surface area is 76.2 Å². The molecule has 4 heteroatoms. The van der Waals surface area contributed by atoms with Crippen LogP contribution in [0.4, 0.5) is 0 Å². The molecule has 0 N–H and O–H groups in total. The molecule has 0 atom stereocenters. The molecule has 0 saturated heterocycles. The summed E-state index contributed by atoms with van der Waals surface area (Å²) in [4.78, 5) is 8.22. The molecule has 0 amide bonds. The topological polar surface area (TPSA) is 39.9 Å². The Balaban J connectivity index is 2.63. The predicted octanol–water partition coefficient (Wildman–Crippen LogP) is 1.37. The van der Waals surface area contributed by atoms with Crippen molar-refractivity contribution in [3.63, 3.8) is 0 Å². The quantitative estimate of drug-likeness (QED) is 0.695. The van der Waals surface area contributed by atoms with Crippen LogP contribution in [0, 0.1) is 0 Å². The highest BCUT2D eigenvalue weighted by Gasteiger charge is 2.05. The molecule has 0 aliphatic heterocycles. The molecule has 13 heavy (non-hydrogen) atoms. The third-order valence-electron chi connectivity index (χ3n) is 1.91. The summed E-state index contributed by atoms with van der Waals surface area (Å²) >= 11 is 0. The molecule has 2 aromatic heterocycles. The van der Waals surface area contributed by atoms with Crippen LogP contribution >= 0.6 is 0 Å². The maximum Gasteiger partial charge on any atom is 0.226 e. The zero-order valence-corrected chi connectivity index (χ0v) is 7.69. The van der Waals surface area contributed by atoms with Crippen LogP contribution in [0.1, 0.15) is 6.92 Å². The van der Waals surface area contributed by atoms with Crippen LogP contribution in [0.25, 0.3) is 11.0 Å². The fraction of sp³-hybridized carbons (Fsp3) is 0.333. The van der Waals surface area contributed by atoms with E-state index in [2.05, 4.69) is 9.97 Å². The average Bonchev–Trinajstić information content (AvgIpc) is 2.50. The van der Waals surface area contributed by atoms with Crippen molar-refractivity contribution in [2.24, 2.45) is 7.05 Å². The smallest absolute Gasteiger partial charge is 0.226 e. The number of hydrogen-bond donors (Lipinski definition) is 0. The first-order valence-electron chi connectivity index (χ1n) is 4.21. The third-order valence-corrected chi connectivity index (χ3v) is 1.91. The van der Waals surface area contributed by atoms with Gasteiger partial charge >= 0.3 is 0 Å². The molecule has 4 nitrogen and oxygen atoms in total. The van der Waals surface area contributed by atoms with Crippen LogP contribution in [0.15, 0.2) is 18.6 Å². The highest BCUT2D eigenvalue weighted by atomic mass is 16.5. The third kappa shape index (κ3) is 1.24. The number of ether oxygens (including phenoxy) is 1. The lowest BCUT2D eigenvalue weighted by Gasteiger charge is -2.02. The molecule has 0 aromatic carbocycles. The van der Waals surface area contributed by atoms with E-state index in [1.165, 1.54) is 6.33 Å². The molecule has 0 aliphatic rings. The zero-order valence-electron chi connectivity index (χ0n) is 7.69. The summed E-state index contributed by atoms with van der Waals surface area (Å²) in [6.07, 6.45) is 3.47. The number of rotatable bonds is 2. The fourth-order valence-electron chi connectivity index (χ4n) is 1.31. The molecule has 0 saturated carbocycles. The van der Waals surface area contributed by atoms with Crippen molar-refractivity contribution < 1.29 is 4.74 Å². The highest BCUT2D eigenvalue weighted by Crippen LogP contribution is 2.20. The Hall–Kier alpha value is -1.58. The fourth-order valence-corrected chi connectivity index (χ4v) is 1.31. The van der Waals surface area contributed by atoms with Crippen molar-refractivity contribution in [2.75, 3.05) is 6.61 Å². The number of aromatic nitrogens is 3. The number of hydrogen-bond acceptors (Lipinski definition) is 3. The van der Waals surface area contributed by atoms with Gasteiger partial charge in [0.25, 0.3) is 0 Å². The summed E-state index contributed by atoms with van der Waals surface area (Å²) in [6, 6.07) is 1.96. The number of nitrogens with zero attached hydrogens (tertiary/aromatic N) is 3. The normalized spacial score (nSPS) is 10.6. The first-order valence-corrected chi connectivity index (χ1v) is 4.21. The Kier molecular flexibility index (Phi) is 1.88. The molecule has 2 rings (SSSR count). The monoisotopic (exact) mass is 177 g/mol. The molecule has 0 unspecified atom stereocenters. The molecular formula is C9H11N3O. The lowest BCUT2D eigenvalue weighted by atomic mass is 10.4. The number of aryl methyl sites for hydroxylation is 1. The maximum atomic E-state index is 5.37. The Morgan fingerprint density at radius 1 is 1.46 bits per heavy atom. The van der Waals surface area contributed by atoms with E-state index in [4.69, 9.17) is 4.74 Å². The Morgan fingerprint density at radius 3 is 3.08 bits per heavy atom. The minimum absolute atomic E-state index is 0.626. The second-order valence-electron chi connectivity index (χ2n) is 2.78. The van der Waals surface area contributed by atoms with Gasteiger partial charge < -0.3 is 9.30 Å². The lowest BCUT2D eigenvalue weighted by molar-refractivity contribution is 0.331. The van der Waals surface area contributed by atoms with Gasteiger partial charge in [-0.3, -0.25) is 0 Å². The van der Waals surface area contributed by atoms with Gasteiger partial charge in [-0.15, -0.1) is 0 Å². The van der Waals surface area contributed by atoms with Crippen molar-refractivity contribution in [1.82, 2.24) is 14.5 Å². The molecule has 68 valence electrons. The van der Waals surface area contributed by atoms with Gasteiger partial charge in [-0.25, -0.2) is 9.97 Å². The van der Waals surface area contributed by atoms with Crippen LogP contribution in [-0.2, 0) is 7.05 Å². The largest absolute Gasteiger partial charge is 0.477 e. The van der Waals surface area contributed by atoms with E-state index in [9.17, 15) is 0 Å². The van der Waals surface area contributed by atoms with Gasteiger partial charge in [-0.2, -0.15) is 0 Å². The van der Waals surface area contributed by atoms with E-state index >= 15 is 0 Å². The van der Waals surface area contributed by atoms with Crippen molar-refractivity contribution in [3.05, 3.63) is 18.6 Å². The van der Waals surface area contributed by atoms with Gasteiger partial charge in [-0.1, -0.05) is 0 Å². The van der Waals surface area contributed by atoms with Crippen LogP contribution in [0.5, 0.6) is 5.88 Å². The summed E-state index contributed by atoms with van der Waals surface area (Å²) in [7, 11) is 1.95. The molecule has 2 aromatic rings. The van der Waals surface area contributed by atoms with Gasteiger partial charge in [-0.05, 0) is 13.0 Å². The van der Waals surface area contributed by atoms with E-state index in [0.29, 0.717) is 12.5 Å². The second kappa shape index (κ2) is 3.05. The minimum atomic E-state index is 0.626. The molecular weight excluding hydrogens is 166 g/mol. The molecule has 2 heterocycles. The van der Waals surface area contributed by atoms with Crippen molar-refractivity contribution in [3.8, 4) is 5.88 Å². The minimum Gasteiger partial charge on any atom is -0.477 e. The van der Waals surface area contributed by atoms with E-state index in [1.54, 1.807) is 0 Å². The maximum absolute atomic E-state index is 5.37. The van der Waals surface area contributed by atoms with E-state index in [-0.39, 0.29) is 0 Å². The van der Waals surface area contributed by atoms with E-state index in [0.717, 1.165) is 11.0 Å². The average molecular weight is 177 g/mol. The molecule has 0 radical (unpaired) electrons. The summed E-state index contributed by atoms with van der Waals surface area (Å²) in [5.74, 6) is 0.660. The Morgan fingerprint density at radius 2 is 2.31 bits per heavy atom. The van der Waals surface area contributed by atoms with E-state index in [1.807, 2.05) is 30.8 Å². The van der Waals surface area contributed by atoms with Gasteiger partial charge in [0.15, 0.2) is 0 Å². The van der Waals surface area contributed by atoms with Crippen molar-refractivity contribution in [1.29, 1.82) is 0 Å². The standard InChI is InChI=1S/C9H11N3O/c1-3-13-9-7-4-5-12(2)8(7)10-6-11-9/h4-6H,3H2,1-2H3. The first kappa shape index (κ1) is 8.04. The van der Waals surface area contributed by atoms with Crippen LogP contribution in [-0.4, -0.2) is 21.1 Å². The van der Waals surface area contributed by atoms with Gasteiger partial charge in [0, 0.05) is 13.2 Å². The summed E-state index contributed by atoms with van der Waals surface area (Å²) < 4.78 is 7.31. The first-order chi connectivity index (χ1) is 6.33. The lowest BCUT2D eigenvalue weighted by Crippen LogP contribution is -1.96. The summed E-state index contributed by atoms with van der Waals surface area (Å²) in [5.41, 5.74) is 0.901. The molecule has 0 spiro atoms. The van der Waals surface area contributed by atoms with Crippen LogP contribution < -0.4 is 4.74 Å². The van der Waals surface area contributed by atoms with Crippen LogP contribution in [0.2, 0.25) is 0 Å². The summed E-state index contributed by atoms with van der Waals surface area (Å²) in [5, 5.41) is 0.965. The Bertz CT molecular complexity index is 422. The SMILES string of the molecule is CCOc1ncnc2c1ccn2C. The molecule has 0 bridgehead atoms. The van der Waals surface area contributed by atoms with E-state index < -0.39 is 0 Å². The summed E-state index contributed by atoms with van der Waals surface area (Å²) in [6.45, 7) is 2.57. The van der Waals surface area contributed by atoms with Crippen LogP contribution in [0.3, 0.4) is 0 Å². The number of fused-ring (bicyclic) bond motifs is 1. The van der Waals surface area contributed by atoms with Gasteiger partial charge in [0.2, 0.25) is 5.88 Å². The van der Waals surface area contributed by atoms with Crippen molar-refractivity contribution in [2.45, 2.75) is 6.92 Å². The second-order valence-corrected chi connectivity index (χ2v) is 2.78. The van der Waals surface area contributed by atoms with Gasteiger partial charge in [0.1, 0.15) is 12.0 Å². The molecule has 0 aliphatic carbocycles. The predicted molar refractivity (Wildman–Crippen MR) is 49.7 cm³/mol. The highest BCUT2D eigenvalue weighted by molar-refractivity contribution is 5.81.